The van der Waals surface area contributed by atoms with E-state index in [4.69, 9.17) is 5.73 Å². The minimum atomic E-state index is -3.12. The lowest BCUT2D eigenvalue weighted by Gasteiger charge is -2.12. The van der Waals surface area contributed by atoms with Crippen LogP contribution in [0.1, 0.15) is 17.3 Å². The molecule has 6 heteroatoms. The Bertz CT molecular complexity index is 371. The number of carbonyl (C=O) groups excluding carboxylic acids is 1. The average Bonchev–Trinajstić information content (AvgIpc) is 2.25. The van der Waals surface area contributed by atoms with Crippen molar-refractivity contribution in [3.05, 3.63) is 35.4 Å². The van der Waals surface area contributed by atoms with Crippen LogP contribution in [0.25, 0.3) is 0 Å². The Kier molecular flexibility index (Phi) is 4.16. The van der Waals surface area contributed by atoms with Crippen LogP contribution in [0.5, 0.6) is 0 Å². The fourth-order valence-corrected chi connectivity index (χ4v) is 1.22. The minimum Gasteiger partial charge on any atom is -0.445 e. The molecule has 1 amide bonds. The fraction of sp³-hybridized carbons (Fsp3) is 0.300. The second kappa shape index (κ2) is 5.39. The number of ether oxygens (including phenoxy) is 1. The fourth-order valence-electron chi connectivity index (χ4n) is 1.22. The molecule has 1 rings (SSSR count). The first-order chi connectivity index (χ1) is 7.52. The molecule has 0 bridgehead atoms. The molecule has 1 aromatic rings. The molecule has 0 heterocycles. The van der Waals surface area contributed by atoms with Gasteiger partial charge in [0.15, 0.2) is 6.17 Å². The van der Waals surface area contributed by atoms with Crippen molar-refractivity contribution in [3.63, 3.8) is 0 Å². The maximum atomic E-state index is 13.1. The maximum absolute atomic E-state index is 13.1. The smallest absolute Gasteiger partial charge is 0.404 e. The van der Waals surface area contributed by atoms with Crippen molar-refractivity contribution in [1.82, 2.24) is 0 Å². The van der Waals surface area contributed by atoms with Crippen molar-refractivity contribution in [3.8, 4) is 0 Å². The van der Waals surface area contributed by atoms with Crippen LogP contribution < -0.4 is 5.73 Å². The second-order valence-corrected chi connectivity index (χ2v) is 3.04. The van der Waals surface area contributed by atoms with Gasteiger partial charge in [0, 0.05) is 0 Å². The highest BCUT2D eigenvalue weighted by atomic mass is 19.3. The van der Waals surface area contributed by atoms with E-state index in [1.54, 1.807) is 0 Å². The van der Waals surface area contributed by atoms with E-state index in [1.165, 1.54) is 24.3 Å². The van der Waals surface area contributed by atoms with Gasteiger partial charge in [0.25, 0.3) is 6.43 Å². The Morgan fingerprint density at radius 3 is 2.50 bits per heavy atom. The standard InChI is InChI=1S/C10H10F3NO2/c11-8(9(12)13)7-4-2-1-3-6(7)5-16-10(14)15/h1-4,8-9H,5H2,(H2,14,15). The van der Waals surface area contributed by atoms with Crippen molar-refractivity contribution in [2.24, 2.45) is 5.73 Å². The predicted molar refractivity (Wildman–Crippen MR) is 50.7 cm³/mol. The van der Waals surface area contributed by atoms with Crippen LogP contribution in [0.15, 0.2) is 24.3 Å². The summed E-state index contributed by atoms with van der Waals surface area (Å²) >= 11 is 0. The minimum absolute atomic E-state index is 0.175. The van der Waals surface area contributed by atoms with Crippen LogP contribution in [0.4, 0.5) is 18.0 Å². The van der Waals surface area contributed by atoms with Gasteiger partial charge in [-0.15, -0.1) is 0 Å². The van der Waals surface area contributed by atoms with E-state index in [9.17, 15) is 18.0 Å². The number of amides is 1. The lowest BCUT2D eigenvalue weighted by Crippen LogP contribution is -2.14. The van der Waals surface area contributed by atoms with Gasteiger partial charge in [-0.3, -0.25) is 0 Å². The zero-order valence-electron chi connectivity index (χ0n) is 8.20. The van der Waals surface area contributed by atoms with Crippen LogP contribution in [0, 0.1) is 0 Å². The van der Waals surface area contributed by atoms with E-state index in [2.05, 4.69) is 4.74 Å². The quantitative estimate of drug-likeness (QED) is 0.868. The second-order valence-electron chi connectivity index (χ2n) is 3.04. The molecule has 0 aliphatic rings. The number of rotatable bonds is 4. The molecule has 16 heavy (non-hydrogen) atoms. The SMILES string of the molecule is NC(=O)OCc1ccccc1C(F)C(F)F. The molecule has 1 unspecified atom stereocenters. The number of primary amides is 1. The first-order valence-corrected chi connectivity index (χ1v) is 4.44. The van der Waals surface area contributed by atoms with Gasteiger partial charge in [0.2, 0.25) is 0 Å². The summed E-state index contributed by atoms with van der Waals surface area (Å²) < 4.78 is 41.9. The molecule has 2 N–H and O–H groups in total. The lowest BCUT2D eigenvalue weighted by atomic mass is 10.0. The zero-order chi connectivity index (χ0) is 12.1. The first-order valence-electron chi connectivity index (χ1n) is 4.44. The Balaban J connectivity index is 2.87. The molecular formula is C10H10F3NO2. The Morgan fingerprint density at radius 1 is 1.31 bits per heavy atom. The largest absolute Gasteiger partial charge is 0.445 e. The van der Waals surface area contributed by atoms with Crippen molar-refractivity contribution >= 4 is 6.09 Å². The third-order valence-corrected chi connectivity index (χ3v) is 1.94. The number of hydrogen-bond acceptors (Lipinski definition) is 2. The molecule has 0 radical (unpaired) electrons. The summed E-state index contributed by atoms with van der Waals surface area (Å²) in [5.41, 5.74) is 4.70. The Morgan fingerprint density at radius 2 is 1.94 bits per heavy atom. The van der Waals surface area contributed by atoms with Crippen molar-refractivity contribution < 1.29 is 22.7 Å². The summed E-state index contributed by atoms with van der Waals surface area (Å²) in [5, 5.41) is 0. The lowest BCUT2D eigenvalue weighted by molar-refractivity contribution is 0.0482. The summed E-state index contributed by atoms with van der Waals surface area (Å²) in [5.74, 6) is 0. The topological polar surface area (TPSA) is 52.3 Å². The molecule has 0 spiro atoms. The molecular weight excluding hydrogens is 223 g/mol. The Hall–Kier alpha value is -1.72. The normalized spacial score (nSPS) is 12.5. The molecule has 0 saturated heterocycles. The van der Waals surface area contributed by atoms with Crippen molar-refractivity contribution in [1.29, 1.82) is 0 Å². The van der Waals surface area contributed by atoms with Crippen molar-refractivity contribution in [2.75, 3.05) is 0 Å². The molecule has 1 atom stereocenters. The van der Waals surface area contributed by atoms with Gasteiger partial charge in [-0.1, -0.05) is 24.3 Å². The Labute approximate surface area is 90.0 Å². The average molecular weight is 233 g/mol. The van der Waals surface area contributed by atoms with Gasteiger partial charge in [0.05, 0.1) is 0 Å². The van der Waals surface area contributed by atoms with Gasteiger partial charge in [-0.05, 0) is 11.1 Å². The molecule has 0 aliphatic carbocycles. The molecule has 0 aromatic heterocycles. The highest BCUT2D eigenvalue weighted by Gasteiger charge is 2.23. The number of hydrogen-bond donors (Lipinski definition) is 1. The summed E-state index contributed by atoms with van der Waals surface area (Å²) in [6.07, 6.45) is -6.55. The number of alkyl halides is 3. The maximum Gasteiger partial charge on any atom is 0.404 e. The highest BCUT2D eigenvalue weighted by molar-refractivity contribution is 5.64. The summed E-state index contributed by atoms with van der Waals surface area (Å²) in [7, 11) is 0. The van der Waals surface area contributed by atoms with Crippen LogP contribution in [-0.2, 0) is 11.3 Å². The van der Waals surface area contributed by atoms with E-state index in [0.29, 0.717) is 0 Å². The van der Waals surface area contributed by atoms with E-state index >= 15 is 0 Å². The van der Waals surface area contributed by atoms with Gasteiger partial charge < -0.3 is 10.5 Å². The summed E-state index contributed by atoms with van der Waals surface area (Å²) in [6.45, 7) is -0.321. The van der Waals surface area contributed by atoms with Gasteiger partial charge >= 0.3 is 6.09 Å². The summed E-state index contributed by atoms with van der Waals surface area (Å²) in [4.78, 5) is 10.3. The number of benzene rings is 1. The van der Waals surface area contributed by atoms with E-state index in [0.717, 1.165) is 0 Å². The van der Waals surface area contributed by atoms with Gasteiger partial charge in [-0.2, -0.15) is 0 Å². The third kappa shape index (κ3) is 3.15. The molecule has 3 nitrogen and oxygen atoms in total. The van der Waals surface area contributed by atoms with Crippen LogP contribution >= 0.6 is 0 Å². The first kappa shape index (κ1) is 12.4. The molecule has 0 saturated carbocycles. The number of nitrogens with two attached hydrogens (primary N) is 1. The molecule has 0 fully saturated rings. The van der Waals surface area contributed by atoms with E-state index in [1.807, 2.05) is 0 Å². The molecule has 88 valence electrons. The number of carbonyl (C=O) groups is 1. The van der Waals surface area contributed by atoms with Crippen LogP contribution in [-0.4, -0.2) is 12.5 Å². The van der Waals surface area contributed by atoms with Gasteiger partial charge in [-0.25, -0.2) is 18.0 Å². The highest BCUT2D eigenvalue weighted by Crippen LogP contribution is 2.27. The van der Waals surface area contributed by atoms with Gasteiger partial charge in [0.1, 0.15) is 6.61 Å². The summed E-state index contributed by atoms with van der Waals surface area (Å²) in [6, 6.07) is 5.57. The van der Waals surface area contributed by atoms with Crippen molar-refractivity contribution in [2.45, 2.75) is 19.2 Å². The predicted octanol–water partition coefficient (Wildman–Crippen LogP) is 2.56. The van der Waals surface area contributed by atoms with Crippen LogP contribution in [0.2, 0.25) is 0 Å². The molecule has 0 aliphatic heterocycles. The third-order valence-electron chi connectivity index (χ3n) is 1.94. The molecule has 1 aromatic carbocycles. The monoisotopic (exact) mass is 233 g/mol. The van der Waals surface area contributed by atoms with E-state index < -0.39 is 18.7 Å². The van der Waals surface area contributed by atoms with E-state index in [-0.39, 0.29) is 17.7 Å². The number of halogens is 3. The zero-order valence-corrected chi connectivity index (χ0v) is 8.20. The van der Waals surface area contributed by atoms with Crippen LogP contribution in [0.3, 0.4) is 0 Å².